The molecule has 3 aromatic rings. The van der Waals surface area contributed by atoms with Crippen molar-refractivity contribution in [3.8, 4) is 11.4 Å². The summed E-state index contributed by atoms with van der Waals surface area (Å²) in [5.74, 6) is 0.877. The lowest BCUT2D eigenvalue weighted by molar-refractivity contribution is -0.0267. The SMILES string of the molecule is Cc1cc(-c2nc3ccccc3n2CC2CN(C)CCO2)cn(C)c1=O. The number of aryl methyl sites for hydroxylation is 2. The molecule has 4 rings (SSSR count). The molecule has 1 aliphatic rings. The van der Waals surface area contributed by atoms with Crippen molar-refractivity contribution in [1.29, 1.82) is 0 Å². The lowest BCUT2D eigenvalue weighted by Crippen LogP contribution is -2.42. The molecule has 0 amide bonds. The molecule has 1 aliphatic heterocycles. The molecule has 0 saturated carbocycles. The highest BCUT2D eigenvalue weighted by atomic mass is 16.5. The van der Waals surface area contributed by atoms with E-state index in [-0.39, 0.29) is 11.7 Å². The first-order chi connectivity index (χ1) is 12.5. The minimum atomic E-state index is 0.0219. The molecule has 0 bridgehead atoms. The van der Waals surface area contributed by atoms with Gasteiger partial charge in [-0.2, -0.15) is 0 Å². The van der Waals surface area contributed by atoms with Crippen molar-refractivity contribution in [3.05, 3.63) is 52.4 Å². The van der Waals surface area contributed by atoms with Crippen LogP contribution in [0, 0.1) is 6.92 Å². The third-order valence-corrected chi connectivity index (χ3v) is 5.00. The molecule has 6 nitrogen and oxygen atoms in total. The summed E-state index contributed by atoms with van der Waals surface area (Å²) in [6.07, 6.45) is 1.99. The van der Waals surface area contributed by atoms with Crippen LogP contribution in [0.1, 0.15) is 5.56 Å². The number of rotatable bonds is 3. The van der Waals surface area contributed by atoms with Gasteiger partial charge in [-0.25, -0.2) is 4.98 Å². The Morgan fingerprint density at radius 2 is 2.08 bits per heavy atom. The summed E-state index contributed by atoms with van der Waals surface area (Å²) in [6, 6.07) is 10.1. The Bertz CT molecular complexity index is 978. The van der Waals surface area contributed by atoms with E-state index >= 15 is 0 Å². The van der Waals surface area contributed by atoms with Gasteiger partial charge in [0.2, 0.25) is 0 Å². The minimum Gasteiger partial charge on any atom is -0.374 e. The monoisotopic (exact) mass is 352 g/mol. The van der Waals surface area contributed by atoms with Crippen molar-refractivity contribution in [1.82, 2.24) is 19.0 Å². The van der Waals surface area contributed by atoms with Crippen LogP contribution in [0.15, 0.2) is 41.3 Å². The first-order valence-electron chi connectivity index (χ1n) is 8.96. The predicted molar refractivity (Wildman–Crippen MR) is 102 cm³/mol. The number of para-hydroxylation sites is 2. The van der Waals surface area contributed by atoms with Crippen molar-refractivity contribution < 1.29 is 4.74 Å². The Balaban J connectivity index is 1.83. The number of benzene rings is 1. The number of aromatic nitrogens is 3. The van der Waals surface area contributed by atoms with Gasteiger partial charge in [-0.1, -0.05) is 12.1 Å². The fourth-order valence-corrected chi connectivity index (χ4v) is 3.66. The highest BCUT2D eigenvalue weighted by Crippen LogP contribution is 2.26. The van der Waals surface area contributed by atoms with Gasteiger partial charge in [0.1, 0.15) is 5.82 Å². The van der Waals surface area contributed by atoms with E-state index in [0.717, 1.165) is 54.2 Å². The molecular weight excluding hydrogens is 328 g/mol. The molecule has 0 spiro atoms. The quantitative estimate of drug-likeness (QED) is 0.724. The zero-order valence-electron chi connectivity index (χ0n) is 15.5. The van der Waals surface area contributed by atoms with E-state index in [4.69, 9.17) is 9.72 Å². The van der Waals surface area contributed by atoms with Gasteiger partial charge in [-0.15, -0.1) is 0 Å². The average Bonchev–Trinajstić information content (AvgIpc) is 2.98. The molecular formula is C20H24N4O2. The number of nitrogens with zero attached hydrogens (tertiary/aromatic N) is 4. The van der Waals surface area contributed by atoms with Crippen molar-refractivity contribution in [2.45, 2.75) is 19.6 Å². The van der Waals surface area contributed by atoms with E-state index in [0.29, 0.717) is 0 Å². The van der Waals surface area contributed by atoms with Crippen molar-refractivity contribution in [3.63, 3.8) is 0 Å². The lowest BCUT2D eigenvalue weighted by Gasteiger charge is -2.30. The van der Waals surface area contributed by atoms with Crippen LogP contribution < -0.4 is 5.56 Å². The topological polar surface area (TPSA) is 52.3 Å². The van der Waals surface area contributed by atoms with Gasteiger partial charge in [-0.3, -0.25) is 4.79 Å². The zero-order chi connectivity index (χ0) is 18.3. The van der Waals surface area contributed by atoms with Crippen LogP contribution >= 0.6 is 0 Å². The second-order valence-electron chi connectivity index (χ2n) is 7.12. The van der Waals surface area contributed by atoms with Gasteiger partial charge in [0.15, 0.2) is 0 Å². The van der Waals surface area contributed by atoms with Crippen LogP contribution in [0.2, 0.25) is 0 Å². The molecule has 26 heavy (non-hydrogen) atoms. The van der Waals surface area contributed by atoms with Crippen molar-refractivity contribution in [2.24, 2.45) is 7.05 Å². The van der Waals surface area contributed by atoms with Crippen molar-refractivity contribution >= 4 is 11.0 Å². The molecule has 136 valence electrons. The molecule has 2 aromatic heterocycles. The molecule has 0 aliphatic carbocycles. The summed E-state index contributed by atoms with van der Waals surface area (Å²) in [5.41, 5.74) is 3.74. The lowest BCUT2D eigenvalue weighted by atomic mass is 10.2. The highest BCUT2D eigenvalue weighted by Gasteiger charge is 2.22. The van der Waals surface area contributed by atoms with E-state index < -0.39 is 0 Å². The van der Waals surface area contributed by atoms with Gasteiger partial charge in [0.25, 0.3) is 5.56 Å². The van der Waals surface area contributed by atoms with Crippen LogP contribution in [0.25, 0.3) is 22.4 Å². The Kier molecular flexibility index (Phi) is 4.38. The minimum absolute atomic E-state index is 0.0219. The van der Waals surface area contributed by atoms with Gasteiger partial charge in [-0.05, 0) is 32.2 Å². The van der Waals surface area contributed by atoms with Crippen LogP contribution in [-0.2, 0) is 18.3 Å². The fraction of sp³-hybridized carbons (Fsp3) is 0.400. The number of hydrogen-bond donors (Lipinski definition) is 0. The standard InChI is InChI=1S/C20H24N4O2/c1-14-10-15(11-23(3)20(14)25)19-21-17-6-4-5-7-18(17)24(19)13-16-12-22(2)8-9-26-16/h4-7,10-11,16H,8-9,12-13H2,1-3H3. The Morgan fingerprint density at radius 1 is 1.27 bits per heavy atom. The third-order valence-electron chi connectivity index (χ3n) is 5.00. The van der Waals surface area contributed by atoms with Gasteiger partial charge in [0, 0.05) is 37.5 Å². The third kappa shape index (κ3) is 3.06. The first kappa shape index (κ1) is 17.0. The number of hydrogen-bond acceptors (Lipinski definition) is 4. The normalized spacial score (nSPS) is 18.5. The number of morpholine rings is 1. The number of pyridine rings is 1. The maximum atomic E-state index is 12.1. The van der Waals surface area contributed by atoms with Crippen LogP contribution in [0.5, 0.6) is 0 Å². The molecule has 0 radical (unpaired) electrons. The van der Waals surface area contributed by atoms with E-state index in [9.17, 15) is 4.79 Å². The summed E-state index contributed by atoms with van der Waals surface area (Å²) >= 11 is 0. The molecule has 1 unspecified atom stereocenters. The largest absolute Gasteiger partial charge is 0.374 e. The van der Waals surface area contributed by atoms with Gasteiger partial charge < -0.3 is 18.8 Å². The van der Waals surface area contributed by atoms with Gasteiger partial charge in [0.05, 0.1) is 30.3 Å². The Labute approximate surface area is 152 Å². The van der Waals surface area contributed by atoms with E-state index in [2.05, 4.69) is 22.6 Å². The van der Waals surface area contributed by atoms with Crippen LogP contribution in [0.4, 0.5) is 0 Å². The number of ether oxygens (including phenoxy) is 1. The smallest absolute Gasteiger partial charge is 0.253 e. The predicted octanol–water partition coefficient (Wildman–Crippen LogP) is 2.04. The number of likely N-dealkylation sites (N-methyl/N-ethyl adjacent to an activating group) is 1. The number of imidazole rings is 1. The Hall–Kier alpha value is -2.44. The van der Waals surface area contributed by atoms with Crippen LogP contribution in [0.3, 0.4) is 0 Å². The summed E-state index contributed by atoms with van der Waals surface area (Å²) in [4.78, 5) is 19.2. The second-order valence-corrected chi connectivity index (χ2v) is 7.12. The maximum Gasteiger partial charge on any atom is 0.253 e. The molecule has 1 atom stereocenters. The van der Waals surface area contributed by atoms with Crippen molar-refractivity contribution in [2.75, 3.05) is 26.7 Å². The molecule has 1 aromatic carbocycles. The molecule has 1 saturated heterocycles. The van der Waals surface area contributed by atoms with E-state index in [1.165, 1.54) is 0 Å². The summed E-state index contributed by atoms with van der Waals surface area (Å²) in [6.45, 7) is 5.20. The molecule has 3 heterocycles. The van der Waals surface area contributed by atoms with Gasteiger partial charge >= 0.3 is 0 Å². The molecule has 6 heteroatoms. The Morgan fingerprint density at radius 3 is 2.85 bits per heavy atom. The highest BCUT2D eigenvalue weighted by molar-refractivity contribution is 5.80. The van der Waals surface area contributed by atoms with Crippen LogP contribution in [-0.4, -0.2) is 51.9 Å². The summed E-state index contributed by atoms with van der Waals surface area (Å²) in [5, 5.41) is 0. The molecule has 0 N–H and O–H groups in total. The first-order valence-corrected chi connectivity index (χ1v) is 8.96. The van der Waals surface area contributed by atoms with E-state index in [1.54, 1.807) is 11.6 Å². The number of fused-ring (bicyclic) bond motifs is 1. The van der Waals surface area contributed by atoms with E-state index in [1.807, 2.05) is 37.4 Å². The maximum absolute atomic E-state index is 12.1. The molecule has 1 fully saturated rings. The fourth-order valence-electron chi connectivity index (χ4n) is 3.66. The summed E-state index contributed by atoms with van der Waals surface area (Å²) in [7, 11) is 3.91. The summed E-state index contributed by atoms with van der Waals surface area (Å²) < 4.78 is 9.83. The average molecular weight is 352 g/mol. The second kappa shape index (κ2) is 6.70. The zero-order valence-corrected chi connectivity index (χ0v) is 15.5.